The normalized spacial score (nSPS) is 11.8. The first kappa shape index (κ1) is 34.5. The van der Waals surface area contributed by atoms with Crippen LogP contribution in [-0.2, 0) is 0 Å². The molecule has 7 aromatic carbocycles. The van der Waals surface area contributed by atoms with Crippen LogP contribution in [0.15, 0.2) is 133 Å². The van der Waals surface area contributed by atoms with E-state index in [1.807, 2.05) is 18.3 Å². The zero-order chi connectivity index (χ0) is 38.2. The Morgan fingerprint density at radius 2 is 0.964 bits per heavy atom. The van der Waals surface area contributed by atoms with Crippen molar-refractivity contribution in [2.75, 3.05) is 0 Å². The number of benzene rings is 7. The lowest BCUT2D eigenvalue weighted by Crippen LogP contribution is -2.11. The molecule has 10 rings (SSSR count). The number of hydrogen-bond acceptors (Lipinski definition) is 4. The van der Waals surface area contributed by atoms with E-state index in [1.165, 1.54) is 75.5 Å². The Morgan fingerprint density at radius 1 is 0.446 bits per heavy atom. The van der Waals surface area contributed by atoms with Crippen molar-refractivity contribution in [2.45, 2.75) is 34.6 Å². The topological polar surface area (TPSA) is 43.6 Å². The Hall–Kier alpha value is -6.00. The zero-order valence-electron chi connectivity index (χ0n) is 32.0. The van der Waals surface area contributed by atoms with E-state index >= 15 is 0 Å². The van der Waals surface area contributed by atoms with Crippen LogP contribution in [0.3, 0.4) is 0 Å². The van der Waals surface area contributed by atoms with Gasteiger partial charge in [0.1, 0.15) is 11.4 Å². The molecule has 0 aliphatic rings. The van der Waals surface area contributed by atoms with Gasteiger partial charge < -0.3 is 4.57 Å². The van der Waals surface area contributed by atoms with Crippen LogP contribution in [0.5, 0.6) is 0 Å². The Balaban J connectivity index is 1.24. The van der Waals surface area contributed by atoms with E-state index in [1.54, 1.807) is 0 Å². The third-order valence-corrected chi connectivity index (χ3v) is 12.2. The Kier molecular flexibility index (Phi) is 8.21. The number of nitrogens with zero attached hydrogens (tertiary/aromatic N) is 4. The van der Waals surface area contributed by atoms with Crippen molar-refractivity contribution in [1.82, 2.24) is 19.5 Å². The second kappa shape index (κ2) is 13.3. The molecule has 0 radical (unpaired) electrons. The van der Waals surface area contributed by atoms with Crippen molar-refractivity contribution >= 4 is 68.1 Å². The molecule has 4 nitrogen and oxygen atoms in total. The van der Waals surface area contributed by atoms with Crippen LogP contribution < -0.4 is 5.57 Å². The van der Waals surface area contributed by atoms with E-state index in [2.05, 4.69) is 180 Å². The fraction of sp³-hybridized carbons (Fsp3) is 0.100. The summed E-state index contributed by atoms with van der Waals surface area (Å²) in [5.41, 5.74) is 17.0. The van der Waals surface area contributed by atoms with Crippen molar-refractivity contribution in [3.8, 4) is 50.5 Å². The maximum Gasteiger partial charge on any atom is 0.165 e. The van der Waals surface area contributed by atoms with Crippen LogP contribution in [-0.4, -0.2) is 19.5 Å². The molecule has 0 amide bonds. The monoisotopic (exact) mass is 758 g/mol. The SMILES string of the molecule is Cc1cc(C)cc(-c2ccc3c(c2)c2cc(-c4cc(C)cc(C)c4)ccc2n3-c2ccc(-c3ccc4sc5ccccc5c4c3)cc2-c2nc(C)nc(P)n2)c1. The van der Waals surface area contributed by atoms with Crippen molar-refractivity contribution in [2.24, 2.45) is 0 Å². The lowest BCUT2D eigenvalue weighted by molar-refractivity contribution is 1.01. The van der Waals surface area contributed by atoms with Gasteiger partial charge in [-0.15, -0.1) is 11.3 Å². The van der Waals surface area contributed by atoms with E-state index in [0.29, 0.717) is 17.2 Å². The maximum absolute atomic E-state index is 4.95. The summed E-state index contributed by atoms with van der Waals surface area (Å²) in [5.74, 6) is 1.33. The van der Waals surface area contributed by atoms with Crippen LogP contribution in [0, 0.1) is 34.6 Å². The van der Waals surface area contributed by atoms with E-state index < -0.39 is 0 Å². The lowest BCUT2D eigenvalue weighted by atomic mass is 9.97. The summed E-state index contributed by atoms with van der Waals surface area (Å²) in [5, 5.41) is 4.97. The van der Waals surface area contributed by atoms with Gasteiger partial charge in [-0.2, -0.15) is 0 Å². The highest BCUT2D eigenvalue weighted by molar-refractivity contribution is 7.26. The van der Waals surface area contributed by atoms with Crippen molar-refractivity contribution < 1.29 is 0 Å². The first-order valence-corrected chi connectivity index (χ1v) is 20.3. The number of rotatable bonds is 5. The largest absolute Gasteiger partial charge is 0.308 e. The number of hydrogen-bond donors (Lipinski definition) is 0. The molecule has 0 saturated carbocycles. The van der Waals surface area contributed by atoms with E-state index in [0.717, 1.165) is 33.4 Å². The van der Waals surface area contributed by atoms with Gasteiger partial charge in [-0.05, 0) is 123 Å². The minimum absolute atomic E-state index is 0.619. The van der Waals surface area contributed by atoms with Gasteiger partial charge in [-0.25, -0.2) is 15.0 Å². The van der Waals surface area contributed by atoms with Gasteiger partial charge in [-0.3, -0.25) is 0 Å². The van der Waals surface area contributed by atoms with Gasteiger partial charge in [-0.1, -0.05) is 110 Å². The molecule has 0 saturated heterocycles. The van der Waals surface area contributed by atoms with E-state index in [4.69, 9.17) is 9.97 Å². The quantitative estimate of drug-likeness (QED) is 0.164. The second-order valence-electron chi connectivity index (χ2n) is 15.2. The molecule has 0 fully saturated rings. The summed E-state index contributed by atoms with van der Waals surface area (Å²) in [7, 11) is 2.67. The Morgan fingerprint density at radius 3 is 1.59 bits per heavy atom. The summed E-state index contributed by atoms with van der Waals surface area (Å²) in [4.78, 5) is 14.4. The number of thiophene rings is 1. The smallest absolute Gasteiger partial charge is 0.165 e. The molecular weight excluding hydrogens is 720 g/mol. The first-order valence-electron chi connectivity index (χ1n) is 19.0. The predicted molar refractivity (Wildman–Crippen MR) is 242 cm³/mol. The van der Waals surface area contributed by atoms with Crippen LogP contribution in [0.2, 0.25) is 0 Å². The zero-order valence-corrected chi connectivity index (χ0v) is 33.9. The van der Waals surface area contributed by atoms with Gasteiger partial charge >= 0.3 is 0 Å². The highest BCUT2D eigenvalue weighted by Gasteiger charge is 2.20. The van der Waals surface area contributed by atoms with Gasteiger partial charge in [0, 0.05) is 36.5 Å². The molecule has 0 spiro atoms. The van der Waals surface area contributed by atoms with Gasteiger partial charge in [0.2, 0.25) is 0 Å². The summed E-state index contributed by atoms with van der Waals surface area (Å²) in [6.45, 7) is 10.6. The first-order chi connectivity index (χ1) is 27.1. The van der Waals surface area contributed by atoms with E-state index in [9.17, 15) is 0 Å². The molecule has 1 atom stereocenters. The standard InChI is InChI=1S/C50H39N4PS/c1-28-18-29(2)21-37(20-28)35-11-14-44-40(24-35)41-25-36(38-22-30(3)19-31(4)23-38)12-15-45(41)54(44)46-16-10-33(27-43(46)49-51-32(5)52-50(55)53-49)34-13-17-48-42(26-34)39-8-6-7-9-47(39)56-48/h6-27H,55H2,1-5H3. The minimum Gasteiger partial charge on any atom is -0.308 e. The van der Waals surface area contributed by atoms with Crippen molar-refractivity contribution in [3.63, 3.8) is 0 Å². The fourth-order valence-corrected chi connectivity index (χ4v) is 9.94. The summed E-state index contributed by atoms with van der Waals surface area (Å²) in [6, 6.07) is 49.7. The molecule has 1 unspecified atom stereocenters. The van der Waals surface area contributed by atoms with Crippen molar-refractivity contribution in [3.05, 3.63) is 162 Å². The summed E-state index contributed by atoms with van der Waals surface area (Å²) < 4.78 is 4.99. The predicted octanol–water partition coefficient (Wildman–Crippen LogP) is 13.0. The summed E-state index contributed by atoms with van der Waals surface area (Å²) in [6.07, 6.45) is 0. The second-order valence-corrected chi connectivity index (χ2v) is 16.8. The molecule has 0 aliphatic carbocycles. The Bertz CT molecular complexity index is 3060. The van der Waals surface area contributed by atoms with Gasteiger partial charge in [0.25, 0.3) is 0 Å². The highest BCUT2D eigenvalue weighted by Crippen LogP contribution is 2.42. The number of aryl methyl sites for hydroxylation is 5. The molecule has 0 aliphatic heterocycles. The average Bonchev–Trinajstić information content (AvgIpc) is 3.71. The van der Waals surface area contributed by atoms with Gasteiger partial charge in [0.05, 0.1) is 16.7 Å². The van der Waals surface area contributed by atoms with Crippen LogP contribution in [0.25, 0.3) is 92.4 Å². The number of aromatic nitrogens is 4. The minimum atomic E-state index is 0.619. The highest BCUT2D eigenvalue weighted by atomic mass is 32.1. The molecule has 3 aromatic heterocycles. The molecule has 0 bridgehead atoms. The number of fused-ring (bicyclic) bond motifs is 6. The molecule has 270 valence electrons. The Labute approximate surface area is 332 Å². The van der Waals surface area contributed by atoms with Gasteiger partial charge in [0.15, 0.2) is 5.82 Å². The summed E-state index contributed by atoms with van der Waals surface area (Å²) >= 11 is 1.84. The van der Waals surface area contributed by atoms with Crippen molar-refractivity contribution in [1.29, 1.82) is 0 Å². The van der Waals surface area contributed by atoms with Crippen LogP contribution in [0.1, 0.15) is 28.1 Å². The molecule has 6 heteroatoms. The van der Waals surface area contributed by atoms with Crippen LogP contribution in [0.4, 0.5) is 0 Å². The lowest BCUT2D eigenvalue weighted by Gasteiger charge is -2.16. The molecule has 0 N–H and O–H groups in total. The third-order valence-electron chi connectivity index (χ3n) is 10.8. The molecule has 3 heterocycles. The fourth-order valence-electron chi connectivity index (χ4n) is 8.54. The molecular formula is C50H39N4PS. The van der Waals surface area contributed by atoms with E-state index in [-0.39, 0.29) is 0 Å². The van der Waals surface area contributed by atoms with Crippen LogP contribution >= 0.6 is 20.6 Å². The third kappa shape index (κ3) is 5.99. The average molecular weight is 759 g/mol. The molecule has 56 heavy (non-hydrogen) atoms. The molecule has 10 aromatic rings. The maximum atomic E-state index is 4.95.